The fraction of sp³-hybridized carbons (Fsp3) is 0.423. The number of aryl methyl sites for hydroxylation is 1. The molecule has 1 aliphatic rings. The molecule has 12 heteroatoms. The molecule has 0 bridgehead atoms. The van der Waals surface area contributed by atoms with E-state index >= 15 is 0 Å². The smallest absolute Gasteiger partial charge is 0.434 e. The van der Waals surface area contributed by atoms with Crippen molar-refractivity contribution in [1.29, 1.82) is 0 Å². The highest BCUT2D eigenvalue weighted by molar-refractivity contribution is 7.92. The summed E-state index contributed by atoms with van der Waals surface area (Å²) in [4.78, 5) is 24.0. The standard InChI is InChI=1S/C26H32N4O7S/c1-16-7-10-19(11-8-16)38(33,34)30-15-18(14-26(5,6)22-28-29-24(32)36-22)35-21-12-9-17(13-20(21)30)27-23(31)37-25(2,3)4/h7-13,18H,14-15H2,1-6H3,(H,27,31)(H,29,32)/t18-/m0/s1. The zero-order chi connectivity index (χ0) is 27.9. The van der Waals surface area contributed by atoms with Crippen LogP contribution in [0.2, 0.25) is 0 Å². The van der Waals surface area contributed by atoms with Crippen LogP contribution in [0.25, 0.3) is 0 Å². The van der Waals surface area contributed by atoms with Crippen LogP contribution in [0.5, 0.6) is 5.75 Å². The maximum atomic E-state index is 13.8. The van der Waals surface area contributed by atoms with Crippen molar-refractivity contribution in [2.45, 2.75) is 70.0 Å². The highest BCUT2D eigenvalue weighted by atomic mass is 32.2. The maximum Gasteiger partial charge on any atom is 0.434 e. The number of aromatic amines is 1. The van der Waals surface area contributed by atoms with Crippen molar-refractivity contribution in [2.75, 3.05) is 16.2 Å². The molecule has 0 saturated carbocycles. The molecule has 204 valence electrons. The molecule has 0 aliphatic carbocycles. The van der Waals surface area contributed by atoms with Gasteiger partial charge in [-0.3, -0.25) is 9.62 Å². The number of H-pyrrole nitrogens is 1. The number of carbonyl (C=O) groups is 1. The van der Waals surface area contributed by atoms with Gasteiger partial charge in [0, 0.05) is 11.1 Å². The molecular formula is C26H32N4O7S. The largest absolute Gasteiger partial charge is 0.486 e. The fourth-order valence-corrected chi connectivity index (χ4v) is 5.66. The minimum absolute atomic E-state index is 0.0167. The number of benzene rings is 2. The highest BCUT2D eigenvalue weighted by Gasteiger charge is 2.39. The summed E-state index contributed by atoms with van der Waals surface area (Å²) in [7, 11) is -4.00. The van der Waals surface area contributed by atoms with Crippen LogP contribution in [0.15, 0.2) is 56.6 Å². The van der Waals surface area contributed by atoms with Crippen LogP contribution < -0.4 is 20.1 Å². The molecule has 3 aromatic rings. The lowest BCUT2D eigenvalue weighted by Crippen LogP contribution is -2.45. The predicted molar refractivity (Wildman–Crippen MR) is 141 cm³/mol. The number of nitrogens with zero attached hydrogens (tertiary/aromatic N) is 2. The number of ether oxygens (including phenoxy) is 2. The molecule has 38 heavy (non-hydrogen) atoms. The Morgan fingerprint density at radius 2 is 1.84 bits per heavy atom. The van der Waals surface area contributed by atoms with E-state index in [0.29, 0.717) is 17.9 Å². The lowest BCUT2D eigenvalue weighted by molar-refractivity contribution is 0.0636. The minimum atomic E-state index is -4.00. The van der Waals surface area contributed by atoms with Gasteiger partial charge in [0.25, 0.3) is 10.0 Å². The third-order valence-electron chi connectivity index (χ3n) is 5.90. The summed E-state index contributed by atoms with van der Waals surface area (Å²) < 4.78 is 45.7. The lowest BCUT2D eigenvalue weighted by atomic mass is 9.86. The van der Waals surface area contributed by atoms with Crippen molar-refractivity contribution >= 4 is 27.5 Å². The number of aromatic nitrogens is 2. The van der Waals surface area contributed by atoms with E-state index < -0.39 is 39.0 Å². The number of anilines is 2. The third kappa shape index (κ3) is 6.01. The summed E-state index contributed by atoms with van der Waals surface area (Å²) >= 11 is 0. The monoisotopic (exact) mass is 544 g/mol. The van der Waals surface area contributed by atoms with Crippen molar-refractivity contribution in [3.8, 4) is 5.75 Å². The molecule has 1 atom stereocenters. The molecule has 0 fully saturated rings. The molecule has 0 spiro atoms. The Morgan fingerprint density at radius 3 is 2.45 bits per heavy atom. The van der Waals surface area contributed by atoms with Crippen LogP contribution in [0.3, 0.4) is 0 Å². The van der Waals surface area contributed by atoms with E-state index in [2.05, 4.69) is 15.5 Å². The van der Waals surface area contributed by atoms with Gasteiger partial charge in [-0.05, 0) is 64.4 Å². The maximum absolute atomic E-state index is 13.8. The molecule has 1 aromatic heterocycles. The first-order chi connectivity index (χ1) is 17.6. The predicted octanol–water partition coefficient (Wildman–Crippen LogP) is 4.34. The second-order valence-electron chi connectivity index (χ2n) is 10.9. The second kappa shape index (κ2) is 9.82. The quantitative estimate of drug-likeness (QED) is 0.466. The Labute approximate surface area is 221 Å². The van der Waals surface area contributed by atoms with E-state index in [-0.39, 0.29) is 23.0 Å². The Kier molecular flexibility index (Phi) is 7.04. The number of rotatable bonds is 6. The second-order valence-corrected chi connectivity index (χ2v) is 12.8. The average molecular weight is 545 g/mol. The van der Waals surface area contributed by atoms with Gasteiger partial charge in [0.05, 0.1) is 17.1 Å². The number of hydrogen-bond donors (Lipinski definition) is 2. The topological polar surface area (TPSA) is 144 Å². The summed E-state index contributed by atoms with van der Waals surface area (Å²) in [6, 6.07) is 11.3. The summed E-state index contributed by atoms with van der Waals surface area (Å²) in [6.45, 7) is 10.8. The molecule has 0 saturated heterocycles. The number of amides is 1. The molecule has 1 aliphatic heterocycles. The molecule has 1 amide bonds. The van der Waals surface area contributed by atoms with Crippen molar-refractivity contribution in [3.63, 3.8) is 0 Å². The van der Waals surface area contributed by atoms with E-state index in [1.54, 1.807) is 63.2 Å². The normalized spacial score (nSPS) is 15.9. The van der Waals surface area contributed by atoms with Gasteiger partial charge in [-0.1, -0.05) is 31.5 Å². The van der Waals surface area contributed by atoms with Crippen LogP contribution in [0.1, 0.15) is 52.5 Å². The number of fused-ring (bicyclic) bond motifs is 1. The number of sulfonamides is 1. The van der Waals surface area contributed by atoms with Crippen molar-refractivity contribution in [3.05, 3.63) is 64.5 Å². The first kappa shape index (κ1) is 27.2. The number of nitrogens with one attached hydrogen (secondary N) is 2. The minimum Gasteiger partial charge on any atom is -0.486 e. The summed E-state index contributed by atoms with van der Waals surface area (Å²) in [5.74, 6) is -0.149. The first-order valence-electron chi connectivity index (χ1n) is 12.1. The lowest BCUT2D eigenvalue weighted by Gasteiger charge is -2.38. The first-order valence-corrected chi connectivity index (χ1v) is 13.5. The Bertz CT molecular complexity index is 1480. The van der Waals surface area contributed by atoms with Gasteiger partial charge in [-0.15, -0.1) is 5.10 Å². The van der Waals surface area contributed by atoms with Gasteiger partial charge in [0.2, 0.25) is 5.89 Å². The number of carbonyl (C=O) groups excluding carboxylic acids is 1. The van der Waals surface area contributed by atoms with E-state index in [1.807, 2.05) is 20.8 Å². The van der Waals surface area contributed by atoms with Crippen molar-refractivity contribution in [1.82, 2.24) is 10.2 Å². The zero-order valence-corrected chi connectivity index (χ0v) is 23.0. The van der Waals surface area contributed by atoms with E-state index in [4.69, 9.17) is 13.9 Å². The Morgan fingerprint density at radius 1 is 1.16 bits per heavy atom. The molecule has 2 heterocycles. The average Bonchev–Trinajstić information content (AvgIpc) is 3.25. The van der Waals surface area contributed by atoms with E-state index in [9.17, 15) is 18.0 Å². The van der Waals surface area contributed by atoms with Gasteiger partial charge in [-0.2, -0.15) is 0 Å². The van der Waals surface area contributed by atoms with Crippen LogP contribution in [-0.2, 0) is 20.2 Å². The summed E-state index contributed by atoms with van der Waals surface area (Å²) in [5, 5.41) is 8.85. The van der Waals surface area contributed by atoms with Crippen molar-refractivity contribution in [2.24, 2.45) is 0 Å². The molecule has 11 nitrogen and oxygen atoms in total. The summed E-state index contributed by atoms with van der Waals surface area (Å²) in [5.41, 5.74) is 0.117. The van der Waals surface area contributed by atoms with Gasteiger partial charge >= 0.3 is 11.8 Å². The molecule has 2 N–H and O–H groups in total. The Hall–Kier alpha value is -3.80. The molecule has 4 rings (SSSR count). The highest BCUT2D eigenvalue weighted by Crippen LogP contribution is 2.41. The molecular weight excluding hydrogens is 512 g/mol. The van der Waals surface area contributed by atoms with Crippen molar-refractivity contribution < 1.29 is 27.1 Å². The summed E-state index contributed by atoms with van der Waals surface area (Å²) in [6.07, 6.45) is -0.954. The van der Waals surface area contributed by atoms with Crippen LogP contribution in [-0.4, -0.2) is 43.0 Å². The molecule has 2 aromatic carbocycles. The van der Waals surface area contributed by atoms with E-state index in [1.165, 1.54) is 4.31 Å². The van der Waals surface area contributed by atoms with Gasteiger partial charge < -0.3 is 13.9 Å². The molecule has 0 radical (unpaired) electrons. The SMILES string of the molecule is Cc1ccc(S(=O)(=O)N2C[C@H](CC(C)(C)c3n[nH]c(=O)o3)Oc3ccc(NC(=O)OC(C)(C)C)cc32)cc1. The van der Waals surface area contributed by atoms with Gasteiger partial charge in [-0.25, -0.2) is 23.1 Å². The van der Waals surface area contributed by atoms with E-state index in [0.717, 1.165) is 5.56 Å². The zero-order valence-electron chi connectivity index (χ0n) is 22.2. The van der Waals surface area contributed by atoms with Gasteiger partial charge in [0.1, 0.15) is 17.5 Å². The van der Waals surface area contributed by atoms with Gasteiger partial charge in [0.15, 0.2) is 0 Å². The molecule has 0 unspecified atom stereocenters. The Balaban J connectivity index is 1.70. The van der Waals surface area contributed by atoms with Crippen LogP contribution in [0.4, 0.5) is 16.2 Å². The fourth-order valence-electron chi connectivity index (χ4n) is 4.16. The van der Waals surface area contributed by atoms with Crippen LogP contribution >= 0.6 is 0 Å². The third-order valence-corrected chi connectivity index (χ3v) is 7.69. The number of hydrogen-bond acceptors (Lipinski definition) is 8. The van der Waals surface area contributed by atoms with Crippen LogP contribution in [0, 0.1) is 6.92 Å².